The zero-order valence-electron chi connectivity index (χ0n) is 18.8. The first-order valence-corrected chi connectivity index (χ1v) is 11.6. The van der Waals surface area contributed by atoms with E-state index in [0.29, 0.717) is 36.5 Å². The van der Waals surface area contributed by atoms with Crippen molar-refractivity contribution >= 4 is 34.1 Å². The molecule has 2 aromatic heterocycles. The summed E-state index contributed by atoms with van der Waals surface area (Å²) in [6, 6.07) is 6.96. The number of carbonyl (C=O) groups excluding carboxylic acids is 1. The van der Waals surface area contributed by atoms with Crippen molar-refractivity contribution in [2.24, 2.45) is 5.92 Å². The van der Waals surface area contributed by atoms with Crippen molar-refractivity contribution in [3.05, 3.63) is 46.6 Å². The Morgan fingerprint density at radius 3 is 2.66 bits per heavy atom. The number of fused-ring (bicyclic) bond motifs is 2. The first kappa shape index (κ1) is 23.4. The summed E-state index contributed by atoms with van der Waals surface area (Å²) in [4.78, 5) is 21.3. The Kier molecular flexibility index (Phi) is 5.79. The van der Waals surface area contributed by atoms with Gasteiger partial charge in [-0.2, -0.15) is 18.4 Å². The van der Waals surface area contributed by atoms with Gasteiger partial charge in [-0.1, -0.05) is 11.6 Å². The van der Waals surface area contributed by atoms with E-state index in [1.165, 1.54) is 0 Å². The first-order chi connectivity index (χ1) is 16.7. The lowest BCUT2D eigenvalue weighted by Gasteiger charge is -2.38. The van der Waals surface area contributed by atoms with Gasteiger partial charge in [0.2, 0.25) is 11.7 Å². The number of rotatable bonds is 2. The number of benzene rings is 1. The van der Waals surface area contributed by atoms with E-state index in [9.17, 15) is 23.2 Å². The van der Waals surface area contributed by atoms with Crippen molar-refractivity contribution in [1.29, 1.82) is 5.26 Å². The van der Waals surface area contributed by atoms with Gasteiger partial charge in [0.25, 0.3) is 0 Å². The number of hydrogen-bond acceptors (Lipinski definition) is 6. The highest BCUT2D eigenvalue weighted by atomic mass is 35.5. The molecule has 1 saturated heterocycles. The molecule has 8 nitrogen and oxygen atoms in total. The molecule has 182 valence electrons. The SMILES string of the molecule is CC1CN(C(=O)C2CCN(c3c(C#N)cnc4ccc(Cl)cc34)CC2)Cc2nnc(C(F)(F)F)n21. The molecule has 0 radical (unpaired) electrons. The van der Waals surface area contributed by atoms with Crippen molar-refractivity contribution in [3.63, 3.8) is 0 Å². The minimum atomic E-state index is -4.60. The van der Waals surface area contributed by atoms with Gasteiger partial charge in [0.05, 0.1) is 29.4 Å². The molecule has 2 aliphatic rings. The predicted molar refractivity (Wildman–Crippen MR) is 122 cm³/mol. The second-order valence-electron chi connectivity index (χ2n) is 8.93. The Morgan fingerprint density at radius 1 is 1.23 bits per heavy atom. The van der Waals surface area contributed by atoms with E-state index in [1.54, 1.807) is 36.2 Å². The highest BCUT2D eigenvalue weighted by Crippen LogP contribution is 2.36. The molecule has 2 aliphatic heterocycles. The number of amides is 1. The normalized spacial score (nSPS) is 19.0. The number of alkyl halides is 3. The third kappa shape index (κ3) is 4.16. The first-order valence-electron chi connectivity index (χ1n) is 11.2. The summed E-state index contributed by atoms with van der Waals surface area (Å²) in [6.07, 6.45) is -1.94. The lowest BCUT2D eigenvalue weighted by Crippen LogP contribution is -2.46. The smallest absolute Gasteiger partial charge is 0.370 e. The summed E-state index contributed by atoms with van der Waals surface area (Å²) in [7, 11) is 0. The number of halogens is 4. The molecule has 3 aromatic rings. The number of anilines is 1. The third-order valence-electron chi connectivity index (χ3n) is 6.67. The largest absolute Gasteiger partial charge is 0.451 e. The van der Waals surface area contributed by atoms with Gasteiger partial charge >= 0.3 is 6.18 Å². The van der Waals surface area contributed by atoms with E-state index in [1.807, 2.05) is 0 Å². The molecule has 1 amide bonds. The average Bonchev–Trinajstić information content (AvgIpc) is 3.28. The molecule has 12 heteroatoms. The maximum atomic E-state index is 13.3. The Bertz CT molecular complexity index is 1340. The van der Waals surface area contributed by atoms with E-state index in [-0.39, 0.29) is 30.7 Å². The molecule has 1 atom stereocenters. The zero-order chi connectivity index (χ0) is 24.9. The summed E-state index contributed by atoms with van der Waals surface area (Å²) in [5, 5.41) is 18.0. The fourth-order valence-electron chi connectivity index (χ4n) is 5.07. The number of nitriles is 1. The van der Waals surface area contributed by atoms with Crippen molar-refractivity contribution in [3.8, 4) is 6.07 Å². The molecule has 0 bridgehead atoms. The minimum absolute atomic E-state index is 0.00145. The van der Waals surface area contributed by atoms with E-state index >= 15 is 0 Å². The second kappa shape index (κ2) is 8.68. The van der Waals surface area contributed by atoms with Crippen LogP contribution in [-0.4, -0.2) is 50.2 Å². The number of carbonyl (C=O) groups is 1. The second-order valence-corrected chi connectivity index (χ2v) is 9.37. The van der Waals surface area contributed by atoms with Gasteiger partial charge in [-0.3, -0.25) is 9.78 Å². The Balaban J connectivity index is 1.32. The van der Waals surface area contributed by atoms with Gasteiger partial charge in [0.15, 0.2) is 5.82 Å². The van der Waals surface area contributed by atoms with Crippen LogP contribution < -0.4 is 4.90 Å². The van der Waals surface area contributed by atoms with Gasteiger partial charge in [-0.15, -0.1) is 10.2 Å². The minimum Gasteiger partial charge on any atom is -0.370 e. The quantitative estimate of drug-likeness (QED) is 0.521. The number of nitrogens with zero attached hydrogens (tertiary/aromatic N) is 7. The maximum Gasteiger partial charge on any atom is 0.451 e. The Morgan fingerprint density at radius 2 is 1.97 bits per heavy atom. The van der Waals surface area contributed by atoms with E-state index < -0.39 is 18.0 Å². The summed E-state index contributed by atoms with van der Waals surface area (Å²) >= 11 is 6.20. The van der Waals surface area contributed by atoms with Gasteiger partial charge in [0, 0.05) is 42.2 Å². The molecule has 4 heterocycles. The van der Waals surface area contributed by atoms with Crippen LogP contribution in [0, 0.1) is 17.2 Å². The van der Waals surface area contributed by atoms with Crippen LogP contribution in [0.5, 0.6) is 0 Å². The number of piperidine rings is 1. The standard InChI is InChI=1S/C23H21ClF3N7O/c1-13-11-33(12-19-30-31-22(34(13)19)23(25,26)27)21(35)14-4-6-32(7-5-14)20-15(9-28)10-29-18-3-2-16(24)8-17(18)20/h2-3,8,10,13-14H,4-7,11-12H2,1H3. The average molecular weight is 504 g/mol. The van der Waals surface area contributed by atoms with Crippen LogP contribution >= 0.6 is 11.6 Å². The highest BCUT2D eigenvalue weighted by Gasteiger charge is 2.42. The molecule has 1 unspecified atom stereocenters. The predicted octanol–water partition coefficient (Wildman–Crippen LogP) is 4.19. The van der Waals surface area contributed by atoms with Gasteiger partial charge in [0.1, 0.15) is 6.07 Å². The summed E-state index contributed by atoms with van der Waals surface area (Å²) < 4.78 is 40.8. The van der Waals surface area contributed by atoms with Crippen LogP contribution in [0.15, 0.2) is 24.4 Å². The zero-order valence-corrected chi connectivity index (χ0v) is 19.5. The molecule has 1 fully saturated rings. The fourth-order valence-corrected chi connectivity index (χ4v) is 5.25. The lowest BCUT2D eigenvalue weighted by atomic mass is 9.93. The van der Waals surface area contributed by atoms with E-state index in [0.717, 1.165) is 21.2 Å². The number of hydrogen-bond donors (Lipinski definition) is 0. The molecular formula is C23H21ClF3N7O. The van der Waals surface area contributed by atoms with Gasteiger partial charge in [-0.05, 0) is 38.0 Å². The van der Waals surface area contributed by atoms with E-state index in [4.69, 9.17) is 11.6 Å². The van der Waals surface area contributed by atoms with Gasteiger partial charge < -0.3 is 14.4 Å². The van der Waals surface area contributed by atoms with Crippen molar-refractivity contribution in [2.45, 2.75) is 38.5 Å². The van der Waals surface area contributed by atoms with Crippen LogP contribution in [0.25, 0.3) is 10.9 Å². The molecule has 0 saturated carbocycles. The Labute approximate surface area is 203 Å². The van der Waals surface area contributed by atoms with Gasteiger partial charge in [-0.25, -0.2) is 0 Å². The summed E-state index contributed by atoms with van der Waals surface area (Å²) in [5.41, 5.74) is 1.92. The molecule has 5 rings (SSSR count). The fraction of sp³-hybridized carbons (Fsp3) is 0.435. The topological polar surface area (TPSA) is 90.9 Å². The van der Waals surface area contributed by atoms with Crippen LogP contribution in [0.1, 0.15) is 43.0 Å². The van der Waals surface area contributed by atoms with Crippen molar-refractivity contribution < 1.29 is 18.0 Å². The molecule has 35 heavy (non-hydrogen) atoms. The molecule has 0 spiro atoms. The third-order valence-corrected chi connectivity index (χ3v) is 6.91. The molecular weight excluding hydrogens is 483 g/mol. The van der Waals surface area contributed by atoms with Crippen LogP contribution in [0.2, 0.25) is 5.02 Å². The Hall–Kier alpha value is -3.39. The number of aromatic nitrogens is 4. The molecule has 0 aliphatic carbocycles. The van der Waals surface area contributed by atoms with Crippen LogP contribution in [0.4, 0.5) is 18.9 Å². The lowest BCUT2D eigenvalue weighted by molar-refractivity contribution is -0.149. The number of pyridine rings is 1. The molecule has 1 aromatic carbocycles. The molecule has 0 N–H and O–H groups in total. The highest BCUT2D eigenvalue weighted by molar-refractivity contribution is 6.31. The summed E-state index contributed by atoms with van der Waals surface area (Å²) in [6.45, 7) is 2.90. The summed E-state index contributed by atoms with van der Waals surface area (Å²) in [5.74, 6) is -1.25. The maximum absolute atomic E-state index is 13.3. The van der Waals surface area contributed by atoms with Crippen molar-refractivity contribution in [2.75, 3.05) is 24.5 Å². The monoisotopic (exact) mass is 503 g/mol. The van der Waals surface area contributed by atoms with Crippen molar-refractivity contribution in [1.82, 2.24) is 24.6 Å². The van der Waals surface area contributed by atoms with Crippen LogP contribution in [0.3, 0.4) is 0 Å². The van der Waals surface area contributed by atoms with Crippen LogP contribution in [-0.2, 0) is 17.5 Å². The van der Waals surface area contributed by atoms with E-state index in [2.05, 4.69) is 26.2 Å².